The number of hydrogen-bond donors (Lipinski definition) is 3. The minimum atomic E-state index is -0.856. The summed E-state index contributed by atoms with van der Waals surface area (Å²) >= 11 is 0. The van der Waals surface area contributed by atoms with E-state index in [0.29, 0.717) is 16.1 Å². The van der Waals surface area contributed by atoms with E-state index in [-0.39, 0.29) is 11.7 Å². The molecule has 0 fully saturated rings. The summed E-state index contributed by atoms with van der Waals surface area (Å²) in [4.78, 5) is 37.3. The number of amides is 3. The van der Waals surface area contributed by atoms with Gasteiger partial charge in [-0.05, 0) is 0 Å². The highest BCUT2D eigenvalue weighted by atomic mass is 16.4. The quantitative estimate of drug-likeness (QED) is 0.214. The van der Waals surface area contributed by atoms with Crippen molar-refractivity contribution in [3.8, 4) is 0 Å². The lowest BCUT2D eigenvalue weighted by Crippen LogP contribution is -2.52. The number of carbonyl (C=O) groups excluding carboxylic acids is 3. The van der Waals surface area contributed by atoms with Crippen LogP contribution < -0.4 is 5.43 Å². The molecule has 2 aromatic carbocycles. The molecule has 2 rings (SSSR count). The molecule has 0 bridgehead atoms. The summed E-state index contributed by atoms with van der Waals surface area (Å²) in [6, 6.07) is 17.0. The fourth-order valence-electron chi connectivity index (χ4n) is 2.94. The van der Waals surface area contributed by atoms with Crippen molar-refractivity contribution < 1.29 is 24.8 Å². The number of nitrogens with zero attached hydrogens (tertiary/aromatic N) is 5. The van der Waals surface area contributed by atoms with Gasteiger partial charge in [-0.2, -0.15) is 5.01 Å². The number of hydrazine groups is 2. The normalized spacial score (nSPS) is 11.5. The molecule has 11 nitrogen and oxygen atoms in total. The van der Waals surface area contributed by atoms with Crippen LogP contribution in [-0.4, -0.2) is 68.9 Å². The van der Waals surface area contributed by atoms with Gasteiger partial charge in [0.05, 0.1) is 0 Å². The summed E-state index contributed by atoms with van der Waals surface area (Å²) in [6.07, 6.45) is -0.699. The first kappa shape index (κ1) is 23.9. The lowest BCUT2D eigenvalue weighted by molar-refractivity contribution is -0.156. The van der Waals surface area contributed by atoms with Crippen LogP contribution in [0, 0.1) is 0 Å². The third-order valence-corrected chi connectivity index (χ3v) is 4.32. The largest absolute Gasteiger partial charge is 0.409 e. The van der Waals surface area contributed by atoms with Gasteiger partial charge in [-0.15, -0.1) is 0 Å². The zero-order chi connectivity index (χ0) is 23.7. The Balaban J connectivity index is 2.12. The first-order valence-electron chi connectivity index (χ1n) is 9.45. The van der Waals surface area contributed by atoms with Gasteiger partial charge in [0.1, 0.15) is 6.42 Å². The molecule has 3 N–H and O–H groups in total. The Morgan fingerprint density at radius 3 is 1.75 bits per heavy atom. The first-order chi connectivity index (χ1) is 15.3. The number of hydrogen-bond acceptors (Lipinski definition) is 7. The lowest BCUT2D eigenvalue weighted by Gasteiger charge is -2.31. The SMILES string of the molecule is CC(=O)N(C(=O)CC(=O)NN(C)/C(=N/O)c1ccccc1)N(C)/C(=N/O)c1ccccc1. The minimum Gasteiger partial charge on any atom is -0.409 e. The van der Waals surface area contributed by atoms with Crippen LogP contribution >= 0.6 is 0 Å². The number of carbonyl (C=O) groups is 3. The van der Waals surface area contributed by atoms with Crippen molar-refractivity contribution >= 4 is 29.4 Å². The summed E-state index contributed by atoms with van der Waals surface area (Å²) in [7, 11) is 2.79. The molecule has 11 heteroatoms. The monoisotopic (exact) mass is 440 g/mol. The van der Waals surface area contributed by atoms with E-state index in [1.807, 2.05) is 0 Å². The predicted molar refractivity (Wildman–Crippen MR) is 115 cm³/mol. The van der Waals surface area contributed by atoms with E-state index >= 15 is 0 Å². The van der Waals surface area contributed by atoms with E-state index in [1.54, 1.807) is 60.7 Å². The second-order valence-electron chi connectivity index (χ2n) is 6.60. The molecule has 0 aromatic heterocycles. The summed E-state index contributed by atoms with van der Waals surface area (Å²) < 4.78 is 0. The molecule has 0 saturated heterocycles. The maximum absolute atomic E-state index is 12.7. The van der Waals surface area contributed by atoms with Gasteiger partial charge in [0, 0.05) is 32.1 Å². The molecule has 0 aliphatic rings. The predicted octanol–water partition coefficient (Wildman–Crippen LogP) is 1.23. The molecular formula is C21H24N6O5. The van der Waals surface area contributed by atoms with Crippen LogP contribution in [0.3, 0.4) is 0 Å². The van der Waals surface area contributed by atoms with Crippen LogP contribution in [0.5, 0.6) is 0 Å². The Morgan fingerprint density at radius 2 is 1.31 bits per heavy atom. The van der Waals surface area contributed by atoms with Crippen LogP contribution in [0.25, 0.3) is 0 Å². The summed E-state index contributed by atoms with van der Waals surface area (Å²) in [5.41, 5.74) is 3.39. The van der Waals surface area contributed by atoms with Crippen LogP contribution in [0.15, 0.2) is 71.0 Å². The molecule has 0 unspecified atom stereocenters. The zero-order valence-corrected chi connectivity index (χ0v) is 17.8. The standard InChI is InChI=1S/C21H24N6O5/c1-15(28)27(26(3)21(24-32)17-12-8-5-9-13-17)19(30)14-18(29)22-25(2)20(23-31)16-10-6-4-7-11-16/h4-13,31-32H,14H2,1-3H3,(H,22,29)/b23-20+,24-21+. The van der Waals surface area contributed by atoms with Crippen molar-refractivity contribution in [2.75, 3.05) is 14.1 Å². The van der Waals surface area contributed by atoms with Crippen LogP contribution in [-0.2, 0) is 14.4 Å². The van der Waals surface area contributed by atoms with E-state index in [2.05, 4.69) is 15.7 Å². The van der Waals surface area contributed by atoms with Crippen molar-refractivity contribution in [2.24, 2.45) is 10.3 Å². The number of imide groups is 1. The smallest absolute Gasteiger partial charge is 0.257 e. The molecule has 3 amide bonds. The van der Waals surface area contributed by atoms with E-state index < -0.39 is 24.1 Å². The Morgan fingerprint density at radius 1 is 0.844 bits per heavy atom. The molecule has 168 valence electrons. The number of amidine groups is 2. The molecule has 0 aliphatic carbocycles. The Kier molecular flexibility index (Phi) is 8.29. The molecule has 2 aromatic rings. The van der Waals surface area contributed by atoms with Gasteiger partial charge in [0.2, 0.25) is 11.8 Å². The maximum Gasteiger partial charge on any atom is 0.257 e. The summed E-state index contributed by atoms with van der Waals surface area (Å²) in [5.74, 6) is -2.31. The summed E-state index contributed by atoms with van der Waals surface area (Å²) in [6.45, 7) is 1.14. The fourth-order valence-corrected chi connectivity index (χ4v) is 2.94. The highest BCUT2D eigenvalue weighted by Gasteiger charge is 2.28. The van der Waals surface area contributed by atoms with Gasteiger partial charge in [-0.25, -0.2) is 0 Å². The molecule has 0 radical (unpaired) electrons. The first-order valence-corrected chi connectivity index (χ1v) is 9.45. The molecule has 0 aliphatic heterocycles. The van der Waals surface area contributed by atoms with Gasteiger partial charge in [0.25, 0.3) is 5.91 Å². The lowest BCUT2D eigenvalue weighted by atomic mass is 10.2. The third kappa shape index (κ3) is 5.81. The van der Waals surface area contributed by atoms with Crippen LogP contribution in [0.2, 0.25) is 0 Å². The van der Waals surface area contributed by atoms with Gasteiger partial charge in [0.15, 0.2) is 11.7 Å². The van der Waals surface area contributed by atoms with Crippen LogP contribution in [0.4, 0.5) is 0 Å². The van der Waals surface area contributed by atoms with Gasteiger partial charge < -0.3 is 10.4 Å². The molecular weight excluding hydrogens is 416 g/mol. The molecule has 32 heavy (non-hydrogen) atoms. The van der Waals surface area contributed by atoms with E-state index in [0.717, 1.165) is 16.9 Å². The number of rotatable bonds is 4. The second-order valence-corrected chi connectivity index (χ2v) is 6.60. The summed E-state index contributed by atoms with van der Waals surface area (Å²) in [5, 5.41) is 28.0. The highest BCUT2D eigenvalue weighted by Crippen LogP contribution is 2.10. The van der Waals surface area contributed by atoms with Crippen LogP contribution in [0.1, 0.15) is 24.5 Å². The zero-order valence-electron chi connectivity index (χ0n) is 17.8. The highest BCUT2D eigenvalue weighted by molar-refractivity contribution is 6.07. The number of nitrogens with one attached hydrogen (secondary N) is 1. The second kappa shape index (κ2) is 11.1. The van der Waals surface area contributed by atoms with E-state index in [1.165, 1.54) is 14.1 Å². The Bertz CT molecular complexity index is 1010. The van der Waals surface area contributed by atoms with E-state index in [9.17, 15) is 24.8 Å². The van der Waals surface area contributed by atoms with Crippen molar-refractivity contribution in [1.29, 1.82) is 0 Å². The molecule has 0 heterocycles. The van der Waals surface area contributed by atoms with Crippen molar-refractivity contribution in [3.05, 3.63) is 71.8 Å². The Labute approximate surface area is 184 Å². The minimum absolute atomic E-state index is 0.0470. The van der Waals surface area contributed by atoms with Crippen molar-refractivity contribution in [2.45, 2.75) is 13.3 Å². The van der Waals surface area contributed by atoms with E-state index in [4.69, 9.17) is 0 Å². The molecule has 0 spiro atoms. The topological polar surface area (TPSA) is 138 Å². The van der Waals surface area contributed by atoms with Gasteiger partial charge >= 0.3 is 0 Å². The van der Waals surface area contributed by atoms with Gasteiger partial charge in [-0.3, -0.25) is 29.8 Å². The average Bonchev–Trinajstić information content (AvgIpc) is 2.76. The number of benzene rings is 2. The molecule has 0 saturated carbocycles. The Hall–Kier alpha value is -4.41. The van der Waals surface area contributed by atoms with Crippen molar-refractivity contribution in [1.82, 2.24) is 20.5 Å². The third-order valence-electron chi connectivity index (χ3n) is 4.32. The fraction of sp³-hybridized carbons (Fsp3) is 0.190. The van der Waals surface area contributed by atoms with Gasteiger partial charge in [-0.1, -0.05) is 71.0 Å². The number of oxime groups is 2. The van der Waals surface area contributed by atoms with Crippen molar-refractivity contribution in [3.63, 3.8) is 0 Å². The average molecular weight is 440 g/mol. The molecule has 0 atom stereocenters. The maximum atomic E-state index is 12.7.